The Morgan fingerprint density at radius 3 is 2.19 bits per heavy atom. The highest BCUT2D eigenvalue weighted by Crippen LogP contribution is 2.17. The average Bonchev–Trinajstić information content (AvgIpc) is 2.20. The molecule has 0 saturated heterocycles. The van der Waals surface area contributed by atoms with E-state index in [0.717, 1.165) is 6.42 Å². The van der Waals surface area contributed by atoms with Gasteiger partial charge in [0.05, 0.1) is 0 Å². The molecule has 0 heterocycles. The van der Waals surface area contributed by atoms with Gasteiger partial charge in [-0.25, -0.2) is 0 Å². The van der Waals surface area contributed by atoms with Crippen molar-refractivity contribution in [2.75, 3.05) is 0 Å². The number of hydrogen-bond acceptors (Lipinski definition) is 1. The first kappa shape index (κ1) is 13.0. The Morgan fingerprint density at radius 2 is 1.62 bits per heavy atom. The second kappa shape index (κ2) is 5.29. The van der Waals surface area contributed by atoms with Crippen molar-refractivity contribution in [3.63, 3.8) is 0 Å². The van der Waals surface area contributed by atoms with Crippen LogP contribution in [0, 0.1) is 26.7 Å². The number of rotatable bonds is 4. The quantitative estimate of drug-likeness (QED) is 0.752. The molecular weight excluding hydrogens is 196 g/mol. The molecule has 0 bridgehead atoms. The number of carbonyl (C=O) groups excluding carboxylic acids is 1. The van der Waals surface area contributed by atoms with Gasteiger partial charge >= 0.3 is 0 Å². The van der Waals surface area contributed by atoms with E-state index in [2.05, 4.69) is 32.9 Å². The summed E-state index contributed by atoms with van der Waals surface area (Å²) in [6, 6.07) is 4.43. The maximum atomic E-state index is 11.6. The molecule has 1 aromatic rings. The number of hydrogen-bond donors (Lipinski definition) is 0. The van der Waals surface area contributed by atoms with Crippen LogP contribution in [-0.2, 0) is 11.2 Å². The molecule has 0 aliphatic carbocycles. The number of ketones is 1. The van der Waals surface area contributed by atoms with Crippen molar-refractivity contribution in [2.24, 2.45) is 5.92 Å². The lowest BCUT2D eigenvalue weighted by Crippen LogP contribution is -2.08. The maximum absolute atomic E-state index is 11.6. The molecule has 0 aliphatic rings. The van der Waals surface area contributed by atoms with Gasteiger partial charge in [0.25, 0.3) is 0 Å². The molecule has 0 spiro atoms. The summed E-state index contributed by atoms with van der Waals surface area (Å²) in [6.45, 7) is 10.3. The van der Waals surface area contributed by atoms with E-state index in [-0.39, 0.29) is 5.92 Å². The van der Waals surface area contributed by atoms with E-state index in [9.17, 15) is 4.79 Å². The number of aryl methyl sites for hydroxylation is 4. The van der Waals surface area contributed by atoms with Gasteiger partial charge < -0.3 is 0 Å². The van der Waals surface area contributed by atoms with E-state index in [4.69, 9.17) is 0 Å². The molecule has 0 atom stereocenters. The normalized spacial score (nSPS) is 10.9. The summed E-state index contributed by atoms with van der Waals surface area (Å²) in [5.41, 5.74) is 5.27. The minimum atomic E-state index is 0.159. The van der Waals surface area contributed by atoms with Crippen molar-refractivity contribution in [1.82, 2.24) is 0 Å². The van der Waals surface area contributed by atoms with E-state index in [0.29, 0.717) is 12.2 Å². The maximum Gasteiger partial charge on any atom is 0.135 e. The van der Waals surface area contributed by atoms with Crippen LogP contribution in [0.1, 0.15) is 42.5 Å². The van der Waals surface area contributed by atoms with Crippen LogP contribution in [0.25, 0.3) is 0 Å². The lowest BCUT2D eigenvalue weighted by atomic mass is 9.95. The van der Waals surface area contributed by atoms with Gasteiger partial charge in [-0.05, 0) is 49.4 Å². The van der Waals surface area contributed by atoms with Crippen molar-refractivity contribution < 1.29 is 4.79 Å². The van der Waals surface area contributed by atoms with E-state index in [1.807, 2.05) is 13.8 Å². The number of carbonyl (C=O) groups is 1. The van der Waals surface area contributed by atoms with Crippen LogP contribution in [0.3, 0.4) is 0 Å². The zero-order chi connectivity index (χ0) is 12.3. The van der Waals surface area contributed by atoms with Crippen LogP contribution in [0.2, 0.25) is 0 Å². The van der Waals surface area contributed by atoms with Gasteiger partial charge in [0, 0.05) is 12.3 Å². The fourth-order valence-electron chi connectivity index (χ4n) is 1.84. The molecule has 1 rings (SSSR count). The van der Waals surface area contributed by atoms with Gasteiger partial charge in [-0.1, -0.05) is 26.0 Å². The zero-order valence-corrected chi connectivity index (χ0v) is 11.1. The van der Waals surface area contributed by atoms with Crippen LogP contribution in [-0.4, -0.2) is 5.78 Å². The van der Waals surface area contributed by atoms with E-state index >= 15 is 0 Å². The van der Waals surface area contributed by atoms with Gasteiger partial charge in [-0.2, -0.15) is 0 Å². The second-order valence-electron chi connectivity index (χ2n) is 4.98. The fourth-order valence-corrected chi connectivity index (χ4v) is 1.84. The lowest BCUT2D eigenvalue weighted by molar-refractivity contribution is -0.121. The van der Waals surface area contributed by atoms with Crippen LogP contribution >= 0.6 is 0 Å². The fraction of sp³-hybridized carbons (Fsp3) is 0.533. The summed E-state index contributed by atoms with van der Waals surface area (Å²) in [6.07, 6.45) is 1.55. The molecule has 16 heavy (non-hydrogen) atoms. The first-order valence-electron chi connectivity index (χ1n) is 6.01. The summed E-state index contributed by atoms with van der Waals surface area (Å²) < 4.78 is 0. The van der Waals surface area contributed by atoms with E-state index in [1.165, 1.54) is 22.3 Å². The highest BCUT2D eigenvalue weighted by molar-refractivity contribution is 5.80. The van der Waals surface area contributed by atoms with Gasteiger partial charge in [0.1, 0.15) is 5.78 Å². The molecule has 1 heteroatoms. The molecule has 0 amide bonds. The molecule has 0 aromatic heterocycles. The van der Waals surface area contributed by atoms with Gasteiger partial charge in [-0.15, -0.1) is 0 Å². The van der Waals surface area contributed by atoms with Gasteiger partial charge in [0.2, 0.25) is 0 Å². The summed E-state index contributed by atoms with van der Waals surface area (Å²) in [5, 5.41) is 0. The number of benzene rings is 1. The third kappa shape index (κ3) is 3.19. The molecule has 0 aliphatic heterocycles. The summed E-state index contributed by atoms with van der Waals surface area (Å²) in [5.74, 6) is 0.518. The highest BCUT2D eigenvalue weighted by atomic mass is 16.1. The molecule has 1 nitrogen and oxygen atoms in total. The predicted octanol–water partition coefficient (Wildman–Crippen LogP) is 3.77. The van der Waals surface area contributed by atoms with Crippen LogP contribution in [0.15, 0.2) is 12.1 Å². The molecule has 88 valence electrons. The van der Waals surface area contributed by atoms with Crippen LogP contribution in [0.5, 0.6) is 0 Å². The Bertz CT molecular complexity index is 389. The molecule has 0 N–H and O–H groups in total. The van der Waals surface area contributed by atoms with Crippen molar-refractivity contribution in [2.45, 2.75) is 47.5 Å². The van der Waals surface area contributed by atoms with Crippen molar-refractivity contribution in [3.05, 3.63) is 34.4 Å². The second-order valence-corrected chi connectivity index (χ2v) is 4.98. The third-order valence-electron chi connectivity index (χ3n) is 3.24. The van der Waals surface area contributed by atoms with Crippen LogP contribution < -0.4 is 0 Å². The standard InChI is InChI=1S/C15H22O/c1-10(2)15(16)7-6-14-9-12(4)11(3)8-13(14)5/h8-10H,6-7H2,1-5H3. The Labute approximate surface area is 98.9 Å². The Morgan fingerprint density at radius 1 is 1.06 bits per heavy atom. The molecular formula is C15H22O. The SMILES string of the molecule is Cc1cc(C)c(CCC(=O)C(C)C)cc1C. The first-order valence-corrected chi connectivity index (χ1v) is 6.01. The van der Waals surface area contributed by atoms with E-state index in [1.54, 1.807) is 0 Å². The monoisotopic (exact) mass is 218 g/mol. The lowest BCUT2D eigenvalue weighted by Gasteiger charge is -2.10. The summed E-state index contributed by atoms with van der Waals surface area (Å²) >= 11 is 0. The molecule has 0 unspecified atom stereocenters. The first-order chi connectivity index (χ1) is 7.41. The molecule has 0 radical (unpaired) electrons. The van der Waals surface area contributed by atoms with E-state index < -0.39 is 0 Å². The largest absolute Gasteiger partial charge is 0.299 e. The van der Waals surface area contributed by atoms with Crippen molar-refractivity contribution in [1.29, 1.82) is 0 Å². The molecule has 0 fully saturated rings. The minimum absolute atomic E-state index is 0.159. The van der Waals surface area contributed by atoms with Crippen molar-refractivity contribution >= 4 is 5.78 Å². The zero-order valence-electron chi connectivity index (χ0n) is 11.1. The smallest absolute Gasteiger partial charge is 0.135 e. The molecule has 0 saturated carbocycles. The Balaban J connectivity index is 2.75. The Hall–Kier alpha value is -1.11. The summed E-state index contributed by atoms with van der Waals surface area (Å²) in [4.78, 5) is 11.6. The Kier molecular flexibility index (Phi) is 4.28. The summed E-state index contributed by atoms with van der Waals surface area (Å²) in [7, 11) is 0. The topological polar surface area (TPSA) is 17.1 Å². The number of Topliss-reactive ketones (excluding diaryl/α,β-unsaturated/α-hetero) is 1. The minimum Gasteiger partial charge on any atom is -0.299 e. The van der Waals surface area contributed by atoms with Crippen molar-refractivity contribution in [3.8, 4) is 0 Å². The third-order valence-corrected chi connectivity index (χ3v) is 3.24. The van der Waals surface area contributed by atoms with Gasteiger partial charge in [0.15, 0.2) is 0 Å². The highest BCUT2D eigenvalue weighted by Gasteiger charge is 2.09. The van der Waals surface area contributed by atoms with Gasteiger partial charge in [-0.3, -0.25) is 4.79 Å². The average molecular weight is 218 g/mol. The van der Waals surface area contributed by atoms with Crippen LogP contribution in [0.4, 0.5) is 0 Å². The predicted molar refractivity (Wildman–Crippen MR) is 68.8 cm³/mol. The molecule has 1 aromatic carbocycles.